The molecule has 1 N–H and O–H groups in total. The number of halogens is 3. The first kappa shape index (κ1) is 15.4. The Morgan fingerprint density at radius 2 is 2.12 bits per heavy atom. The molecule has 1 aliphatic heterocycles. The van der Waals surface area contributed by atoms with E-state index in [2.05, 4.69) is 20.2 Å². The van der Waals surface area contributed by atoms with Crippen molar-refractivity contribution in [1.82, 2.24) is 29.5 Å². The SMILES string of the molecule is CC[C@H]1CN(CC(F)(F)F)C[C@H]1c1nnc2cnc3[nH]ccc3n12. The normalized spacial score (nSPS) is 22.8. The molecule has 1 saturated heterocycles. The van der Waals surface area contributed by atoms with Gasteiger partial charge in [-0.1, -0.05) is 13.3 Å². The number of H-pyrrole nitrogens is 1. The summed E-state index contributed by atoms with van der Waals surface area (Å²) in [5.41, 5.74) is 2.17. The molecule has 0 unspecified atom stereocenters. The van der Waals surface area contributed by atoms with E-state index < -0.39 is 12.7 Å². The number of alkyl halides is 3. The second-order valence-electron chi connectivity index (χ2n) is 6.31. The number of rotatable bonds is 3. The lowest BCUT2D eigenvalue weighted by molar-refractivity contribution is -0.143. The smallest absolute Gasteiger partial charge is 0.345 e. The van der Waals surface area contributed by atoms with Crippen molar-refractivity contribution in [1.29, 1.82) is 0 Å². The molecular formula is C15H17F3N6. The van der Waals surface area contributed by atoms with Crippen LogP contribution in [0.15, 0.2) is 18.5 Å². The van der Waals surface area contributed by atoms with E-state index in [1.54, 1.807) is 12.4 Å². The van der Waals surface area contributed by atoms with E-state index in [9.17, 15) is 13.2 Å². The number of nitrogens with one attached hydrogen (secondary N) is 1. The van der Waals surface area contributed by atoms with Crippen LogP contribution in [0.25, 0.3) is 16.8 Å². The van der Waals surface area contributed by atoms with Gasteiger partial charge in [0.1, 0.15) is 5.82 Å². The summed E-state index contributed by atoms with van der Waals surface area (Å²) in [5.74, 6) is 0.767. The molecule has 0 radical (unpaired) electrons. The molecule has 0 saturated carbocycles. The van der Waals surface area contributed by atoms with Crippen LogP contribution in [0.1, 0.15) is 25.1 Å². The Morgan fingerprint density at radius 3 is 2.88 bits per heavy atom. The number of aromatic amines is 1. The van der Waals surface area contributed by atoms with Crippen LogP contribution in [0.4, 0.5) is 13.2 Å². The Morgan fingerprint density at radius 1 is 1.29 bits per heavy atom. The van der Waals surface area contributed by atoms with E-state index >= 15 is 0 Å². The highest BCUT2D eigenvalue weighted by molar-refractivity contribution is 5.74. The van der Waals surface area contributed by atoms with Gasteiger partial charge >= 0.3 is 6.18 Å². The first-order valence-electron chi connectivity index (χ1n) is 7.92. The predicted octanol–water partition coefficient (Wildman–Crippen LogP) is 2.59. The average molecular weight is 338 g/mol. The first-order chi connectivity index (χ1) is 11.5. The maximum Gasteiger partial charge on any atom is 0.401 e. The highest BCUT2D eigenvalue weighted by Crippen LogP contribution is 2.36. The van der Waals surface area contributed by atoms with Crippen molar-refractivity contribution in [2.75, 3.05) is 19.6 Å². The number of aromatic nitrogens is 5. The zero-order valence-electron chi connectivity index (χ0n) is 13.1. The van der Waals surface area contributed by atoms with Crippen molar-refractivity contribution in [3.63, 3.8) is 0 Å². The Balaban J connectivity index is 1.74. The van der Waals surface area contributed by atoms with Gasteiger partial charge in [-0.25, -0.2) is 4.98 Å². The topological polar surface area (TPSA) is 62.1 Å². The van der Waals surface area contributed by atoms with E-state index in [0.717, 1.165) is 11.9 Å². The van der Waals surface area contributed by atoms with Gasteiger partial charge in [-0.3, -0.25) is 9.30 Å². The van der Waals surface area contributed by atoms with Crippen molar-refractivity contribution in [2.24, 2.45) is 5.92 Å². The number of fused-ring (bicyclic) bond motifs is 3. The lowest BCUT2D eigenvalue weighted by Crippen LogP contribution is -2.32. The second kappa shape index (κ2) is 5.44. The summed E-state index contributed by atoms with van der Waals surface area (Å²) in [6.07, 6.45) is 0.0226. The van der Waals surface area contributed by atoms with Gasteiger partial charge in [0.15, 0.2) is 11.3 Å². The van der Waals surface area contributed by atoms with Crippen LogP contribution < -0.4 is 0 Å². The molecule has 9 heteroatoms. The molecule has 0 amide bonds. The van der Waals surface area contributed by atoms with Crippen molar-refractivity contribution in [3.05, 3.63) is 24.3 Å². The summed E-state index contributed by atoms with van der Waals surface area (Å²) in [6, 6.07) is 1.88. The quantitative estimate of drug-likeness (QED) is 0.797. The van der Waals surface area contributed by atoms with Gasteiger partial charge in [0.05, 0.1) is 18.3 Å². The molecule has 1 fully saturated rings. The van der Waals surface area contributed by atoms with Gasteiger partial charge in [-0.2, -0.15) is 13.2 Å². The van der Waals surface area contributed by atoms with Crippen LogP contribution in [-0.4, -0.2) is 55.3 Å². The monoisotopic (exact) mass is 338 g/mol. The van der Waals surface area contributed by atoms with Crippen LogP contribution in [0.3, 0.4) is 0 Å². The van der Waals surface area contributed by atoms with E-state index in [-0.39, 0.29) is 11.8 Å². The molecule has 3 aromatic rings. The lowest BCUT2D eigenvalue weighted by Gasteiger charge is -2.17. The van der Waals surface area contributed by atoms with Crippen molar-refractivity contribution < 1.29 is 13.2 Å². The standard InChI is InChI=1S/C15H17F3N6/c1-2-9-6-23(8-15(16,17)18)7-10(9)14-22-21-12-5-20-13-11(24(12)14)3-4-19-13/h3-5,9-10,19H,2,6-8H2,1H3/t9-,10+/m0/s1. The Hall–Kier alpha value is -2.16. The zero-order chi connectivity index (χ0) is 16.9. The third kappa shape index (κ3) is 2.52. The summed E-state index contributed by atoms with van der Waals surface area (Å²) in [7, 11) is 0. The van der Waals surface area contributed by atoms with Gasteiger partial charge in [-0.05, 0) is 12.0 Å². The van der Waals surface area contributed by atoms with E-state index in [1.165, 1.54) is 4.90 Å². The number of hydrogen-bond acceptors (Lipinski definition) is 4. The molecule has 2 atom stereocenters. The van der Waals surface area contributed by atoms with Crippen LogP contribution in [0, 0.1) is 5.92 Å². The van der Waals surface area contributed by atoms with Crippen LogP contribution in [-0.2, 0) is 0 Å². The predicted molar refractivity (Wildman–Crippen MR) is 81.7 cm³/mol. The third-order valence-electron chi connectivity index (χ3n) is 4.74. The third-order valence-corrected chi connectivity index (χ3v) is 4.74. The van der Waals surface area contributed by atoms with Gasteiger partial charge in [0.2, 0.25) is 0 Å². The largest absolute Gasteiger partial charge is 0.401 e. The Bertz CT molecular complexity index is 867. The van der Waals surface area contributed by atoms with Crippen LogP contribution >= 0.6 is 0 Å². The van der Waals surface area contributed by atoms with Gasteiger partial charge in [-0.15, -0.1) is 10.2 Å². The molecule has 24 heavy (non-hydrogen) atoms. The molecule has 1 aliphatic rings. The highest BCUT2D eigenvalue weighted by Gasteiger charge is 2.40. The Kier molecular flexibility index (Phi) is 3.48. The fraction of sp³-hybridized carbons (Fsp3) is 0.533. The summed E-state index contributed by atoms with van der Waals surface area (Å²) < 4.78 is 40.1. The number of likely N-dealkylation sites (tertiary alicyclic amines) is 1. The lowest BCUT2D eigenvalue weighted by atomic mass is 9.93. The fourth-order valence-electron chi connectivity index (χ4n) is 3.69. The van der Waals surface area contributed by atoms with E-state index in [0.29, 0.717) is 30.2 Å². The highest BCUT2D eigenvalue weighted by atomic mass is 19.4. The van der Waals surface area contributed by atoms with Crippen molar-refractivity contribution in [3.8, 4) is 0 Å². The molecule has 128 valence electrons. The van der Waals surface area contributed by atoms with E-state index in [1.807, 2.05) is 17.4 Å². The van der Waals surface area contributed by atoms with Gasteiger partial charge in [0.25, 0.3) is 0 Å². The van der Waals surface area contributed by atoms with Crippen LogP contribution in [0.2, 0.25) is 0 Å². The molecular weight excluding hydrogens is 321 g/mol. The maximum atomic E-state index is 12.7. The summed E-state index contributed by atoms with van der Waals surface area (Å²) in [5, 5.41) is 8.44. The minimum Gasteiger partial charge on any atom is -0.345 e. The average Bonchev–Trinajstić information content (AvgIpc) is 3.21. The first-order valence-corrected chi connectivity index (χ1v) is 7.92. The van der Waals surface area contributed by atoms with Crippen molar-refractivity contribution in [2.45, 2.75) is 25.4 Å². The van der Waals surface area contributed by atoms with E-state index in [4.69, 9.17) is 0 Å². The van der Waals surface area contributed by atoms with Crippen LogP contribution in [0.5, 0.6) is 0 Å². The Labute approximate surface area is 135 Å². The second-order valence-corrected chi connectivity index (χ2v) is 6.31. The molecule has 0 bridgehead atoms. The minimum atomic E-state index is -4.18. The number of nitrogens with zero attached hydrogens (tertiary/aromatic N) is 5. The number of hydrogen-bond donors (Lipinski definition) is 1. The summed E-state index contributed by atoms with van der Waals surface area (Å²) in [4.78, 5) is 8.78. The molecule has 0 spiro atoms. The fourth-order valence-corrected chi connectivity index (χ4v) is 3.69. The zero-order valence-corrected chi connectivity index (χ0v) is 13.1. The molecule has 4 rings (SSSR count). The summed E-state index contributed by atoms with van der Waals surface area (Å²) >= 11 is 0. The molecule has 0 aliphatic carbocycles. The molecule has 4 heterocycles. The summed E-state index contributed by atoms with van der Waals surface area (Å²) in [6.45, 7) is 1.90. The minimum absolute atomic E-state index is 0.0761. The maximum absolute atomic E-state index is 12.7. The van der Waals surface area contributed by atoms with Gasteiger partial charge in [0, 0.05) is 25.2 Å². The molecule has 0 aromatic carbocycles. The molecule has 6 nitrogen and oxygen atoms in total. The van der Waals surface area contributed by atoms with Crippen molar-refractivity contribution >= 4 is 16.8 Å². The van der Waals surface area contributed by atoms with Gasteiger partial charge < -0.3 is 4.98 Å². The molecule has 3 aromatic heterocycles.